The molecule has 0 radical (unpaired) electrons. The highest BCUT2D eigenvalue weighted by molar-refractivity contribution is 5.96. The average molecular weight is 313 g/mol. The molecule has 0 N–H and O–H groups in total. The molecule has 0 aromatic heterocycles. The number of amides is 1. The standard InChI is InChI=1S/C19H23NO3/c21-17(13-5-2-1-3-6-13)11-14-12-23-10-9-20(14)19(22)18-15-7-4-8-16(15)18/h1-3,5-6,14-16,18H,4,7-12H2/t14-,15-,16-/m1/s1. The smallest absolute Gasteiger partial charge is 0.226 e. The Morgan fingerprint density at radius 1 is 1.13 bits per heavy atom. The molecule has 122 valence electrons. The fourth-order valence-corrected chi connectivity index (χ4v) is 4.45. The molecule has 23 heavy (non-hydrogen) atoms. The van der Waals surface area contributed by atoms with Crippen LogP contribution in [0.25, 0.3) is 0 Å². The van der Waals surface area contributed by atoms with Crippen molar-refractivity contribution in [2.45, 2.75) is 31.7 Å². The second-order valence-corrected chi connectivity index (χ2v) is 7.04. The van der Waals surface area contributed by atoms with Gasteiger partial charge in [0.25, 0.3) is 0 Å². The second-order valence-electron chi connectivity index (χ2n) is 7.04. The van der Waals surface area contributed by atoms with Crippen LogP contribution < -0.4 is 0 Å². The number of benzene rings is 1. The third kappa shape index (κ3) is 2.80. The molecule has 3 aliphatic rings. The number of rotatable bonds is 4. The number of hydrogen-bond acceptors (Lipinski definition) is 3. The largest absolute Gasteiger partial charge is 0.377 e. The van der Waals surface area contributed by atoms with Crippen LogP contribution in [0.3, 0.4) is 0 Å². The summed E-state index contributed by atoms with van der Waals surface area (Å²) in [6.45, 7) is 1.69. The van der Waals surface area contributed by atoms with Crippen molar-refractivity contribution in [2.24, 2.45) is 17.8 Å². The molecule has 0 spiro atoms. The Balaban J connectivity index is 1.43. The summed E-state index contributed by atoms with van der Waals surface area (Å²) in [7, 11) is 0. The predicted molar refractivity (Wildman–Crippen MR) is 86.0 cm³/mol. The van der Waals surface area contributed by atoms with Crippen molar-refractivity contribution in [3.8, 4) is 0 Å². The van der Waals surface area contributed by atoms with Gasteiger partial charge in [0.2, 0.25) is 5.91 Å². The first-order valence-corrected chi connectivity index (χ1v) is 8.72. The highest BCUT2D eigenvalue weighted by atomic mass is 16.5. The zero-order valence-electron chi connectivity index (χ0n) is 13.3. The summed E-state index contributed by atoms with van der Waals surface area (Å²) in [6, 6.07) is 9.22. The van der Waals surface area contributed by atoms with Crippen molar-refractivity contribution in [3.05, 3.63) is 35.9 Å². The Hall–Kier alpha value is -1.68. The van der Waals surface area contributed by atoms with Gasteiger partial charge in [0.05, 0.1) is 19.3 Å². The highest BCUT2D eigenvalue weighted by Crippen LogP contribution is 2.58. The lowest BCUT2D eigenvalue weighted by molar-refractivity contribution is -0.142. The monoisotopic (exact) mass is 313 g/mol. The van der Waals surface area contributed by atoms with E-state index in [9.17, 15) is 9.59 Å². The summed E-state index contributed by atoms with van der Waals surface area (Å²) < 4.78 is 5.55. The molecule has 1 amide bonds. The lowest BCUT2D eigenvalue weighted by Gasteiger charge is -2.36. The lowest BCUT2D eigenvalue weighted by atomic mass is 10.0. The molecule has 2 saturated carbocycles. The van der Waals surface area contributed by atoms with E-state index in [-0.39, 0.29) is 23.7 Å². The van der Waals surface area contributed by atoms with E-state index in [0.29, 0.717) is 43.6 Å². The van der Waals surface area contributed by atoms with Crippen molar-refractivity contribution in [3.63, 3.8) is 0 Å². The molecule has 1 aromatic rings. The Labute approximate surface area is 136 Å². The third-order valence-corrected chi connectivity index (χ3v) is 5.72. The van der Waals surface area contributed by atoms with Gasteiger partial charge in [0.15, 0.2) is 5.78 Å². The maximum Gasteiger partial charge on any atom is 0.226 e. The van der Waals surface area contributed by atoms with Gasteiger partial charge in [-0.2, -0.15) is 0 Å². The molecule has 0 unspecified atom stereocenters. The van der Waals surface area contributed by atoms with Gasteiger partial charge < -0.3 is 9.64 Å². The van der Waals surface area contributed by atoms with Crippen LogP contribution in [0.2, 0.25) is 0 Å². The van der Waals surface area contributed by atoms with Gasteiger partial charge in [-0.25, -0.2) is 0 Å². The number of morpholine rings is 1. The minimum absolute atomic E-state index is 0.0925. The molecule has 1 aliphatic heterocycles. The van der Waals surface area contributed by atoms with E-state index in [4.69, 9.17) is 4.74 Å². The number of ether oxygens (including phenoxy) is 1. The summed E-state index contributed by atoms with van der Waals surface area (Å²) in [5.41, 5.74) is 0.716. The fourth-order valence-electron chi connectivity index (χ4n) is 4.45. The quantitative estimate of drug-likeness (QED) is 0.803. The first kappa shape index (κ1) is 14.9. The van der Waals surface area contributed by atoms with Gasteiger partial charge in [0, 0.05) is 24.4 Å². The molecule has 4 rings (SSSR count). The van der Waals surface area contributed by atoms with Gasteiger partial charge in [0.1, 0.15) is 0 Å². The number of ketones is 1. The van der Waals surface area contributed by atoms with E-state index in [2.05, 4.69) is 0 Å². The number of carbonyl (C=O) groups excluding carboxylic acids is 2. The van der Waals surface area contributed by atoms with Crippen molar-refractivity contribution in [2.75, 3.05) is 19.8 Å². The van der Waals surface area contributed by atoms with Crippen LogP contribution in [0, 0.1) is 17.8 Å². The third-order valence-electron chi connectivity index (χ3n) is 5.72. The van der Waals surface area contributed by atoms with Gasteiger partial charge in [-0.15, -0.1) is 0 Å². The number of nitrogens with zero attached hydrogens (tertiary/aromatic N) is 1. The minimum atomic E-state index is -0.106. The second kappa shape index (κ2) is 6.08. The Kier molecular flexibility index (Phi) is 3.93. The maximum absolute atomic E-state index is 12.9. The van der Waals surface area contributed by atoms with Crippen LogP contribution in [0.1, 0.15) is 36.0 Å². The number of carbonyl (C=O) groups is 2. The van der Waals surface area contributed by atoms with Crippen molar-refractivity contribution >= 4 is 11.7 Å². The highest BCUT2D eigenvalue weighted by Gasteiger charge is 2.58. The number of fused-ring (bicyclic) bond motifs is 1. The first-order valence-electron chi connectivity index (χ1n) is 8.72. The van der Waals surface area contributed by atoms with E-state index in [1.54, 1.807) is 0 Å². The average Bonchev–Trinajstić information content (AvgIpc) is 3.07. The molecule has 3 fully saturated rings. The van der Waals surface area contributed by atoms with Crippen LogP contribution in [0.4, 0.5) is 0 Å². The zero-order valence-corrected chi connectivity index (χ0v) is 13.3. The van der Waals surface area contributed by atoms with Crippen LogP contribution in [0.15, 0.2) is 30.3 Å². The van der Waals surface area contributed by atoms with Crippen LogP contribution in [-0.4, -0.2) is 42.4 Å². The molecular weight excluding hydrogens is 290 g/mol. The first-order chi connectivity index (χ1) is 11.3. The summed E-state index contributed by atoms with van der Waals surface area (Å²) >= 11 is 0. The van der Waals surface area contributed by atoms with Gasteiger partial charge in [-0.1, -0.05) is 36.8 Å². The topological polar surface area (TPSA) is 46.6 Å². The molecule has 4 heteroatoms. The summed E-state index contributed by atoms with van der Waals surface area (Å²) in [5, 5.41) is 0. The van der Waals surface area contributed by atoms with E-state index < -0.39 is 0 Å². The van der Waals surface area contributed by atoms with Gasteiger partial charge in [-0.05, 0) is 24.7 Å². The van der Waals surface area contributed by atoms with Gasteiger partial charge >= 0.3 is 0 Å². The van der Waals surface area contributed by atoms with E-state index in [0.717, 1.165) is 0 Å². The Morgan fingerprint density at radius 2 is 1.87 bits per heavy atom. The van der Waals surface area contributed by atoms with Crippen LogP contribution in [0.5, 0.6) is 0 Å². The van der Waals surface area contributed by atoms with E-state index >= 15 is 0 Å². The Bertz CT molecular complexity index is 590. The van der Waals surface area contributed by atoms with Crippen LogP contribution in [-0.2, 0) is 9.53 Å². The van der Waals surface area contributed by atoms with E-state index in [1.807, 2.05) is 35.2 Å². The molecule has 3 atom stereocenters. The number of hydrogen-bond donors (Lipinski definition) is 0. The molecule has 1 saturated heterocycles. The van der Waals surface area contributed by atoms with E-state index in [1.165, 1.54) is 19.3 Å². The molecule has 1 aromatic carbocycles. The van der Waals surface area contributed by atoms with Crippen molar-refractivity contribution in [1.29, 1.82) is 0 Å². The molecular formula is C19H23NO3. The number of Topliss-reactive ketones (excluding diaryl/α,β-unsaturated/α-hetero) is 1. The summed E-state index contributed by atoms with van der Waals surface area (Å²) in [4.78, 5) is 27.3. The van der Waals surface area contributed by atoms with Crippen LogP contribution >= 0.6 is 0 Å². The molecule has 2 aliphatic carbocycles. The molecule has 4 nitrogen and oxygen atoms in total. The molecule has 0 bridgehead atoms. The normalized spacial score (nSPS) is 32.4. The summed E-state index contributed by atoms with van der Waals surface area (Å²) in [6.07, 6.45) is 4.05. The van der Waals surface area contributed by atoms with Gasteiger partial charge in [-0.3, -0.25) is 9.59 Å². The lowest BCUT2D eigenvalue weighted by Crippen LogP contribution is -2.50. The zero-order chi connectivity index (χ0) is 15.8. The SMILES string of the molecule is O=C(C[C@@H]1COCCN1C(=O)C1[C@@H]2CCC[C@@H]12)c1ccccc1. The van der Waals surface area contributed by atoms with Crippen molar-refractivity contribution < 1.29 is 14.3 Å². The maximum atomic E-state index is 12.9. The van der Waals surface area contributed by atoms with Crippen molar-refractivity contribution in [1.82, 2.24) is 4.90 Å². The predicted octanol–water partition coefficient (Wildman–Crippen LogP) is 2.53. The molecule has 1 heterocycles. The fraction of sp³-hybridized carbons (Fsp3) is 0.579. The summed E-state index contributed by atoms with van der Waals surface area (Å²) in [5.74, 6) is 1.84. The minimum Gasteiger partial charge on any atom is -0.377 e. The Morgan fingerprint density at radius 3 is 2.61 bits per heavy atom.